The number of halogens is 1. The number of pyridine rings is 1. The van der Waals surface area contributed by atoms with Gasteiger partial charge in [0.05, 0.1) is 16.3 Å². The van der Waals surface area contributed by atoms with Crippen LogP contribution in [0.25, 0.3) is 10.9 Å². The van der Waals surface area contributed by atoms with E-state index in [1.165, 1.54) is 6.42 Å². The Hall–Kier alpha value is -1.86. The van der Waals surface area contributed by atoms with Gasteiger partial charge in [0.15, 0.2) is 5.75 Å². The number of benzene rings is 1. The summed E-state index contributed by atoms with van der Waals surface area (Å²) in [7, 11) is 0. The third-order valence-corrected chi connectivity index (χ3v) is 5.57. The summed E-state index contributed by atoms with van der Waals surface area (Å²) in [5.41, 5.74) is 2.78. The van der Waals surface area contributed by atoms with Crippen molar-refractivity contribution in [1.82, 2.24) is 15.0 Å². The quantitative estimate of drug-likeness (QED) is 0.570. The summed E-state index contributed by atoms with van der Waals surface area (Å²) in [5, 5.41) is 4.24. The number of nitrogens with zero attached hydrogens (tertiary/aromatic N) is 3. The summed E-state index contributed by atoms with van der Waals surface area (Å²) >= 11 is 5.35. The molecule has 0 unspecified atom stereocenters. The van der Waals surface area contributed by atoms with E-state index in [9.17, 15) is 0 Å². The maximum atomic E-state index is 6.17. The molecule has 4 rings (SSSR count). The van der Waals surface area contributed by atoms with E-state index in [0.29, 0.717) is 5.95 Å². The molecule has 0 saturated heterocycles. The van der Waals surface area contributed by atoms with Gasteiger partial charge < -0.3 is 10.1 Å². The van der Waals surface area contributed by atoms with Crippen LogP contribution in [0.3, 0.4) is 0 Å². The first-order valence-electron chi connectivity index (χ1n) is 8.56. The first-order chi connectivity index (χ1) is 12.7. The van der Waals surface area contributed by atoms with Gasteiger partial charge in [0.25, 0.3) is 0 Å². The van der Waals surface area contributed by atoms with Crippen LogP contribution >= 0.6 is 27.7 Å². The lowest BCUT2D eigenvalue weighted by molar-refractivity contribution is 0.121. The normalized spacial score (nSPS) is 14.2. The summed E-state index contributed by atoms with van der Waals surface area (Å²) in [6, 6.07) is 7.94. The molecule has 1 N–H and O–H groups in total. The van der Waals surface area contributed by atoms with E-state index < -0.39 is 0 Å². The lowest BCUT2D eigenvalue weighted by Crippen LogP contribution is -2.24. The molecule has 1 aromatic carbocycles. The van der Waals surface area contributed by atoms with Crippen LogP contribution in [0, 0.1) is 0 Å². The van der Waals surface area contributed by atoms with Crippen molar-refractivity contribution in [1.29, 1.82) is 0 Å². The highest BCUT2D eigenvalue weighted by atomic mass is 79.9. The van der Waals surface area contributed by atoms with Crippen LogP contribution in [-0.4, -0.2) is 27.3 Å². The van der Waals surface area contributed by atoms with Crippen LogP contribution in [0.4, 0.5) is 11.6 Å². The molecule has 0 spiro atoms. The first kappa shape index (κ1) is 17.5. The van der Waals surface area contributed by atoms with Crippen molar-refractivity contribution in [2.45, 2.75) is 31.1 Å². The first-order valence-corrected chi connectivity index (χ1v) is 10.7. The average molecular weight is 431 g/mol. The third-order valence-electron chi connectivity index (χ3n) is 4.36. The largest absolute Gasteiger partial charge is 0.487 e. The van der Waals surface area contributed by atoms with Gasteiger partial charge in [0.1, 0.15) is 5.52 Å². The van der Waals surface area contributed by atoms with Crippen molar-refractivity contribution in [3.63, 3.8) is 0 Å². The van der Waals surface area contributed by atoms with E-state index >= 15 is 0 Å². The molecule has 3 aromatic rings. The van der Waals surface area contributed by atoms with Crippen molar-refractivity contribution in [3.8, 4) is 5.75 Å². The molecule has 0 bridgehead atoms. The molecule has 2 heterocycles. The van der Waals surface area contributed by atoms with E-state index in [1.807, 2.05) is 30.5 Å². The highest BCUT2D eigenvalue weighted by Crippen LogP contribution is 2.36. The van der Waals surface area contributed by atoms with Crippen LogP contribution in [0.15, 0.2) is 41.1 Å². The number of ether oxygens (including phenoxy) is 1. The number of fused-ring (bicyclic) bond motifs is 1. The molecule has 7 heteroatoms. The Morgan fingerprint density at radius 3 is 2.92 bits per heavy atom. The number of aromatic nitrogens is 3. The molecular weight excluding hydrogens is 412 g/mol. The van der Waals surface area contributed by atoms with Gasteiger partial charge in [-0.3, -0.25) is 4.98 Å². The Balaban J connectivity index is 1.65. The zero-order chi connectivity index (χ0) is 17.9. The lowest BCUT2D eigenvalue weighted by Gasteiger charge is -2.27. The minimum absolute atomic E-state index is 0.289. The highest BCUT2D eigenvalue weighted by Gasteiger charge is 2.22. The molecule has 1 aliphatic carbocycles. The zero-order valence-corrected chi connectivity index (χ0v) is 16.8. The van der Waals surface area contributed by atoms with Crippen molar-refractivity contribution in [3.05, 3.63) is 46.8 Å². The molecule has 2 aromatic heterocycles. The fourth-order valence-corrected chi connectivity index (χ4v) is 3.65. The summed E-state index contributed by atoms with van der Waals surface area (Å²) < 4.78 is 7.10. The van der Waals surface area contributed by atoms with Crippen molar-refractivity contribution in [2.24, 2.45) is 0 Å². The number of anilines is 2. The molecule has 1 fully saturated rings. The Labute approximate surface area is 165 Å². The fourth-order valence-electron chi connectivity index (χ4n) is 2.79. The Morgan fingerprint density at radius 1 is 1.27 bits per heavy atom. The summed E-state index contributed by atoms with van der Waals surface area (Å²) in [6.07, 6.45) is 9.43. The van der Waals surface area contributed by atoms with Crippen LogP contribution in [0.5, 0.6) is 5.75 Å². The standard InChI is InChI=1S/C19H19BrN4OS/c1-26-11-14-9-13(7-8-21-14)23-19-22-10-12-5-6-16(20)18(17(12)24-19)25-15-3-2-4-15/h5-10,15H,2-4,11H2,1H3,(H,21,22,23,24). The Kier molecular flexibility index (Phi) is 5.26. The summed E-state index contributed by atoms with van der Waals surface area (Å²) in [5.74, 6) is 2.23. The summed E-state index contributed by atoms with van der Waals surface area (Å²) in [6.45, 7) is 0. The van der Waals surface area contributed by atoms with E-state index in [-0.39, 0.29) is 6.10 Å². The number of thioether (sulfide) groups is 1. The number of hydrogen-bond donors (Lipinski definition) is 1. The molecule has 134 valence electrons. The van der Waals surface area contributed by atoms with Crippen LogP contribution in [0.2, 0.25) is 0 Å². The smallest absolute Gasteiger partial charge is 0.227 e. The second-order valence-electron chi connectivity index (χ2n) is 6.27. The third kappa shape index (κ3) is 3.78. The minimum atomic E-state index is 0.289. The van der Waals surface area contributed by atoms with Gasteiger partial charge in [-0.2, -0.15) is 11.8 Å². The molecule has 0 radical (unpaired) electrons. The van der Waals surface area contributed by atoms with E-state index in [4.69, 9.17) is 9.72 Å². The molecule has 0 amide bonds. The van der Waals surface area contributed by atoms with Gasteiger partial charge in [-0.25, -0.2) is 9.97 Å². The Morgan fingerprint density at radius 2 is 2.15 bits per heavy atom. The topological polar surface area (TPSA) is 59.9 Å². The lowest BCUT2D eigenvalue weighted by atomic mass is 9.96. The van der Waals surface area contributed by atoms with Crippen molar-refractivity contribution >= 4 is 50.2 Å². The molecule has 26 heavy (non-hydrogen) atoms. The second-order valence-corrected chi connectivity index (χ2v) is 7.99. The van der Waals surface area contributed by atoms with Crippen molar-refractivity contribution in [2.75, 3.05) is 11.6 Å². The van der Waals surface area contributed by atoms with Gasteiger partial charge in [-0.05, 0) is 65.7 Å². The predicted octanol–water partition coefficient (Wildman–Crippen LogP) is 5.33. The monoisotopic (exact) mass is 430 g/mol. The fraction of sp³-hybridized carbons (Fsp3) is 0.316. The van der Waals surface area contributed by atoms with E-state index in [0.717, 1.165) is 51.1 Å². The van der Waals surface area contributed by atoms with Gasteiger partial charge in [-0.1, -0.05) is 0 Å². The Bertz CT molecular complexity index is 933. The molecule has 5 nitrogen and oxygen atoms in total. The highest BCUT2D eigenvalue weighted by molar-refractivity contribution is 9.10. The van der Waals surface area contributed by atoms with Gasteiger partial charge in [0, 0.05) is 29.2 Å². The van der Waals surface area contributed by atoms with E-state index in [1.54, 1.807) is 18.0 Å². The van der Waals surface area contributed by atoms with Crippen LogP contribution in [0.1, 0.15) is 25.0 Å². The minimum Gasteiger partial charge on any atom is -0.487 e. The molecule has 1 saturated carbocycles. The molecule has 1 aliphatic rings. The number of rotatable bonds is 6. The maximum Gasteiger partial charge on any atom is 0.227 e. The number of nitrogens with one attached hydrogen (secondary N) is 1. The van der Waals surface area contributed by atoms with E-state index in [2.05, 4.69) is 37.5 Å². The molecule has 0 aliphatic heterocycles. The molecule has 0 atom stereocenters. The SMILES string of the molecule is CSCc1cc(Nc2ncc3ccc(Br)c(OC4CCC4)c3n2)ccn1. The van der Waals surface area contributed by atoms with Crippen molar-refractivity contribution < 1.29 is 4.74 Å². The van der Waals surface area contributed by atoms with Crippen LogP contribution in [-0.2, 0) is 5.75 Å². The molecular formula is C19H19BrN4OS. The van der Waals surface area contributed by atoms with Gasteiger partial charge >= 0.3 is 0 Å². The predicted molar refractivity (Wildman–Crippen MR) is 110 cm³/mol. The zero-order valence-electron chi connectivity index (χ0n) is 14.4. The van der Waals surface area contributed by atoms with Gasteiger partial charge in [-0.15, -0.1) is 0 Å². The average Bonchev–Trinajstić information content (AvgIpc) is 2.60. The van der Waals surface area contributed by atoms with Gasteiger partial charge in [0.2, 0.25) is 5.95 Å². The van der Waals surface area contributed by atoms with Crippen LogP contribution < -0.4 is 10.1 Å². The number of hydrogen-bond acceptors (Lipinski definition) is 6. The second kappa shape index (κ2) is 7.80. The summed E-state index contributed by atoms with van der Waals surface area (Å²) in [4.78, 5) is 13.5. The maximum absolute atomic E-state index is 6.17.